The smallest absolute Gasteiger partial charge is 0.252 e. The van der Waals surface area contributed by atoms with Crippen LogP contribution < -0.4 is 10.9 Å². The molecule has 2 N–H and O–H groups in total. The third-order valence-corrected chi connectivity index (χ3v) is 2.54. The van der Waals surface area contributed by atoms with Crippen molar-refractivity contribution in [3.8, 4) is 0 Å². The first-order valence-corrected chi connectivity index (χ1v) is 6.33. The molecule has 0 aromatic carbocycles. The molecule has 1 aromatic rings. The van der Waals surface area contributed by atoms with Gasteiger partial charge in [0.2, 0.25) is 0 Å². The Morgan fingerprint density at radius 3 is 2.72 bits per heavy atom. The van der Waals surface area contributed by atoms with Gasteiger partial charge in [0, 0.05) is 25.1 Å². The molecular formula is C13H23N3O2. The van der Waals surface area contributed by atoms with E-state index in [0.29, 0.717) is 24.8 Å². The van der Waals surface area contributed by atoms with Crippen LogP contribution in [-0.2, 0) is 4.74 Å². The van der Waals surface area contributed by atoms with Crippen molar-refractivity contribution in [2.75, 3.05) is 18.5 Å². The highest BCUT2D eigenvalue weighted by Crippen LogP contribution is 2.12. The number of anilines is 1. The number of aromatic amines is 1. The molecule has 0 radical (unpaired) electrons. The second-order valence-corrected chi connectivity index (χ2v) is 5.22. The van der Waals surface area contributed by atoms with Gasteiger partial charge < -0.3 is 15.0 Å². The van der Waals surface area contributed by atoms with E-state index in [1.807, 2.05) is 34.6 Å². The molecule has 0 aliphatic heterocycles. The minimum absolute atomic E-state index is 0.134. The lowest BCUT2D eigenvalue weighted by atomic mass is 10.1. The van der Waals surface area contributed by atoms with Crippen LogP contribution in [0.1, 0.15) is 46.4 Å². The lowest BCUT2D eigenvalue weighted by Crippen LogP contribution is -2.34. The molecule has 0 unspecified atom stereocenters. The second kappa shape index (κ2) is 6.00. The van der Waals surface area contributed by atoms with Crippen molar-refractivity contribution in [1.82, 2.24) is 9.97 Å². The Kier molecular flexibility index (Phi) is 4.90. The van der Waals surface area contributed by atoms with Crippen molar-refractivity contribution in [2.24, 2.45) is 0 Å². The number of hydrogen-bond donors (Lipinski definition) is 2. The molecule has 5 nitrogen and oxygen atoms in total. The summed E-state index contributed by atoms with van der Waals surface area (Å²) in [4.78, 5) is 18.6. The molecule has 0 amide bonds. The lowest BCUT2D eigenvalue weighted by molar-refractivity contribution is 0.000636. The summed E-state index contributed by atoms with van der Waals surface area (Å²) < 4.78 is 5.58. The number of hydrogen-bond acceptors (Lipinski definition) is 4. The summed E-state index contributed by atoms with van der Waals surface area (Å²) >= 11 is 0. The van der Waals surface area contributed by atoms with Gasteiger partial charge in [0.15, 0.2) is 0 Å². The van der Waals surface area contributed by atoms with Gasteiger partial charge in [-0.15, -0.1) is 0 Å². The third kappa shape index (κ3) is 4.49. The van der Waals surface area contributed by atoms with E-state index in [2.05, 4.69) is 15.3 Å². The SMILES string of the molecule is CCOC(C)(C)CNc1cc(=O)[nH]c(C(C)C)n1. The van der Waals surface area contributed by atoms with Crippen LogP contribution in [0.3, 0.4) is 0 Å². The molecule has 0 fully saturated rings. The molecule has 0 saturated carbocycles. The van der Waals surface area contributed by atoms with Gasteiger partial charge in [-0.25, -0.2) is 4.98 Å². The van der Waals surface area contributed by atoms with Gasteiger partial charge in [-0.1, -0.05) is 13.8 Å². The van der Waals surface area contributed by atoms with Crippen molar-refractivity contribution < 1.29 is 4.74 Å². The Bertz CT molecular complexity index is 438. The Morgan fingerprint density at radius 2 is 2.17 bits per heavy atom. The number of nitrogens with zero attached hydrogens (tertiary/aromatic N) is 1. The molecular weight excluding hydrogens is 230 g/mol. The monoisotopic (exact) mass is 253 g/mol. The Labute approximate surface area is 108 Å². The van der Waals surface area contributed by atoms with Crippen LogP contribution >= 0.6 is 0 Å². The number of ether oxygens (including phenoxy) is 1. The molecule has 1 rings (SSSR count). The molecule has 0 saturated heterocycles. The first-order valence-electron chi connectivity index (χ1n) is 6.33. The maximum atomic E-state index is 11.5. The molecule has 5 heteroatoms. The maximum Gasteiger partial charge on any atom is 0.252 e. The van der Waals surface area contributed by atoms with E-state index >= 15 is 0 Å². The van der Waals surface area contributed by atoms with E-state index in [1.54, 1.807) is 0 Å². The molecule has 1 heterocycles. The van der Waals surface area contributed by atoms with E-state index in [4.69, 9.17) is 4.74 Å². The molecule has 0 aliphatic carbocycles. The fraction of sp³-hybridized carbons (Fsp3) is 0.692. The van der Waals surface area contributed by atoms with E-state index in [1.165, 1.54) is 6.07 Å². The van der Waals surface area contributed by atoms with Gasteiger partial charge >= 0.3 is 0 Å². The van der Waals surface area contributed by atoms with Crippen molar-refractivity contribution in [2.45, 2.75) is 46.1 Å². The van der Waals surface area contributed by atoms with Crippen molar-refractivity contribution in [1.29, 1.82) is 0 Å². The van der Waals surface area contributed by atoms with Gasteiger partial charge in [0.05, 0.1) is 5.60 Å². The molecule has 0 bridgehead atoms. The van der Waals surface area contributed by atoms with E-state index in [9.17, 15) is 4.79 Å². The van der Waals surface area contributed by atoms with Crippen LogP contribution in [0.25, 0.3) is 0 Å². The minimum Gasteiger partial charge on any atom is -0.374 e. The number of aromatic nitrogens is 2. The van der Waals surface area contributed by atoms with Gasteiger partial charge in [-0.05, 0) is 20.8 Å². The maximum absolute atomic E-state index is 11.5. The highest BCUT2D eigenvalue weighted by molar-refractivity contribution is 5.33. The molecule has 102 valence electrons. The Balaban J connectivity index is 2.76. The highest BCUT2D eigenvalue weighted by Gasteiger charge is 2.17. The fourth-order valence-corrected chi connectivity index (χ4v) is 1.59. The summed E-state index contributed by atoms with van der Waals surface area (Å²) in [7, 11) is 0. The van der Waals surface area contributed by atoms with E-state index in [-0.39, 0.29) is 17.1 Å². The van der Waals surface area contributed by atoms with Crippen LogP contribution in [0.15, 0.2) is 10.9 Å². The zero-order valence-corrected chi connectivity index (χ0v) is 11.8. The quantitative estimate of drug-likeness (QED) is 0.815. The average Bonchev–Trinajstić information content (AvgIpc) is 2.26. The molecule has 0 aliphatic rings. The van der Waals surface area contributed by atoms with Crippen molar-refractivity contribution in [3.05, 3.63) is 22.2 Å². The summed E-state index contributed by atoms with van der Waals surface area (Å²) in [6.07, 6.45) is 0. The molecule has 1 aromatic heterocycles. The number of H-pyrrole nitrogens is 1. The zero-order valence-electron chi connectivity index (χ0n) is 11.8. The fourth-order valence-electron chi connectivity index (χ4n) is 1.59. The Morgan fingerprint density at radius 1 is 1.50 bits per heavy atom. The van der Waals surface area contributed by atoms with Crippen LogP contribution in [0, 0.1) is 0 Å². The lowest BCUT2D eigenvalue weighted by Gasteiger charge is -2.25. The van der Waals surface area contributed by atoms with E-state index < -0.39 is 0 Å². The van der Waals surface area contributed by atoms with Gasteiger partial charge in [0.25, 0.3) is 5.56 Å². The highest BCUT2D eigenvalue weighted by atomic mass is 16.5. The molecule has 18 heavy (non-hydrogen) atoms. The number of nitrogens with one attached hydrogen (secondary N) is 2. The molecule has 0 atom stereocenters. The molecule has 0 spiro atoms. The number of rotatable bonds is 6. The normalized spacial score (nSPS) is 11.9. The van der Waals surface area contributed by atoms with Crippen LogP contribution in [-0.4, -0.2) is 28.7 Å². The topological polar surface area (TPSA) is 67.0 Å². The van der Waals surface area contributed by atoms with Gasteiger partial charge in [-0.3, -0.25) is 4.79 Å². The Hall–Kier alpha value is -1.36. The van der Waals surface area contributed by atoms with Crippen LogP contribution in [0.5, 0.6) is 0 Å². The third-order valence-electron chi connectivity index (χ3n) is 2.54. The predicted molar refractivity (Wildman–Crippen MR) is 73.1 cm³/mol. The standard InChI is InChI=1S/C13H23N3O2/c1-6-18-13(4,5)8-14-10-7-11(17)16-12(15-10)9(2)3/h7,9H,6,8H2,1-5H3,(H2,14,15,16,17). The average molecular weight is 253 g/mol. The van der Waals surface area contributed by atoms with E-state index in [0.717, 1.165) is 0 Å². The first kappa shape index (κ1) is 14.7. The predicted octanol–water partition coefficient (Wildman–Crippen LogP) is 2.12. The summed E-state index contributed by atoms with van der Waals surface area (Å²) in [5.41, 5.74) is -0.415. The minimum atomic E-state index is -0.281. The summed E-state index contributed by atoms with van der Waals surface area (Å²) in [6.45, 7) is 11.2. The summed E-state index contributed by atoms with van der Waals surface area (Å²) in [5, 5.41) is 3.15. The van der Waals surface area contributed by atoms with Crippen molar-refractivity contribution >= 4 is 5.82 Å². The van der Waals surface area contributed by atoms with Crippen LogP contribution in [0.4, 0.5) is 5.82 Å². The van der Waals surface area contributed by atoms with Crippen molar-refractivity contribution in [3.63, 3.8) is 0 Å². The second-order valence-electron chi connectivity index (χ2n) is 5.22. The summed E-state index contributed by atoms with van der Waals surface area (Å²) in [5.74, 6) is 1.48. The summed E-state index contributed by atoms with van der Waals surface area (Å²) in [6, 6.07) is 1.47. The first-order chi connectivity index (χ1) is 8.34. The van der Waals surface area contributed by atoms with Crippen LogP contribution in [0.2, 0.25) is 0 Å². The largest absolute Gasteiger partial charge is 0.374 e. The zero-order chi connectivity index (χ0) is 13.8. The van der Waals surface area contributed by atoms with Gasteiger partial charge in [-0.2, -0.15) is 0 Å². The van der Waals surface area contributed by atoms with Gasteiger partial charge in [0.1, 0.15) is 11.6 Å².